The highest BCUT2D eigenvalue weighted by atomic mass is 32.2. The largest absolute Gasteiger partial charge is 0.457 e. The molecule has 5 rings (SSSR count). The van der Waals surface area contributed by atoms with Gasteiger partial charge in [-0.2, -0.15) is 10.1 Å². The zero-order valence-electron chi connectivity index (χ0n) is 19.6. The van der Waals surface area contributed by atoms with Crippen molar-refractivity contribution in [2.45, 2.75) is 16.7 Å². The minimum Gasteiger partial charge on any atom is -0.457 e. The maximum Gasteiger partial charge on any atom is 0.280 e. The Kier molecular flexibility index (Phi) is 6.48. The van der Waals surface area contributed by atoms with E-state index in [1.54, 1.807) is 42.6 Å². The molecule has 2 aromatic carbocycles. The lowest BCUT2D eigenvalue weighted by Gasteiger charge is -2.11. The summed E-state index contributed by atoms with van der Waals surface area (Å²) >= 11 is 1.18. The summed E-state index contributed by atoms with van der Waals surface area (Å²) in [6.07, 6.45) is 3.06. The van der Waals surface area contributed by atoms with Gasteiger partial charge in [0.2, 0.25) is 10.0 Å². The van der Waals surface area contributed by atoms with Crippen molar-refractivity contribution in [1.82, 2.24) is 4.98 Å². The van der Waals surface area contributed by atoms with Crippen LogP contribution in [0.2, 0.25) is 0 Å². The number of nitrogens with two attached hydrogens (primary N) is 1. The van der Waals surface area contributed by atoms with Crippen molar-refractivity contribution < 1.29 is 26.0 Å². The molecule has 11 nitrogen and oxygen atoms in total. The monoisotopic (exact) mass is 569 g/mol. The van der Waals surface area contributed by atoms with Gasteiger partial charge in [-0.25, -0.2) is 27.0 Å². The van der Waals surface area contributed by atoms with Gasteiger partial charge < -0.3 is 4.42 Å². The fourth-order valence-corrected chi connectivity index (χ4v) is 5.91. The van der Waals surface area contributed by atoms with Crippen molar-refractivity contribution in [2.24, 2.45) is 10.2 Å². The Morgan fingerprint density at radius 2 is 1.66 bits per heavy atom. The van der Waals surface area contributed by atoms with E-state index < -0.39 is 26.0 Å². The van der Waals surface area contributed by atoms with Crippen molar-refractivity contribution in [3.05, 3.63) is 83.6 Å². The number of aromatic nitrogens is 1. The topological polar surface area (TPSA) is 165 Å². The van der Waals surface area contributed by atoms with Gasteiger partial charge in [0, 0.05) is 17.1 Å². The van der Waals surface area contributed by atoms with E-state index in [1.807, 2.05) is 0 Å². The first-order valence-electron chi connectivity index (χ1n) is 10.9. The van der Waals surface area contributed by atoms with E-state index in [4.69, 9.17) is 9.56 Å². The van der Waals surface area contributed by atoms with Crippen LogP contribution >= 0.6 is 11.3 Å². The summed E-state index contributed by atoms with van der Waals surface area (Å²) < 4.78 is 56.3. The lowest BCUT2D eigenvalue weighted by Crippen LogP contribution is -2.21. The van der Waals surface area contributed by atoms with Crippen molar-refractivity contribution in [3.8, 4) is 11.3 Å². The summed E-state index contributed by atoms with van der Waals surface area (Å²) in [7, 11) is -7.63. The Morgan fingerprint density at radius 1 is 0.974 bits per heavy atom. The minimum absolute atomic E-state index is 0.0749. The first kappa shape index (κ1) is 25.5. The van der Waals surface area contributed by atoms with Crippen molar-refractivity contribution in [1.29, 1.82) is 0 Å². The van der Waals surface area contributed by atoms with Crippen molar-refractivity contribution in [3.63, 3.8) is 0 Å². The molecule has 38 heavy (non-hydrogen) atoms. The Bertz CT molecular complexity index is 1790. The molecule has 3 heterocycles. The first-order chi connectivity index (χ1) is 18.0. The molecule has 194 valence electrons. The number of sulfonamides is 2. The molecule has 1 aliphatic rings. The van der Waals surface area contributed by atoms with Gasteiger partial charge >= 0.3 is 0 Å². The normalized spacial score (nSPS) is 15.2. The van der Waals surface area contributed by atoms with E-state index in [0.717, 1.165) is 5.01 Å². The highest BCUT2D eigenvalue weighted by Gasteiger charge is 2.29. The third-order valence-electron chi connectivity index (χ3n) is 5.49. The molecule has 0 atom stereocenters. The molecule has 0 radical (unpaired) electrons. The van der Waals surface area contributed by atoms with E-state index in [9.17, 15) is 21.6 Å². The molecule has 0 saturated carbocycles. The quantitative estimate of drug-likeness (QED) is 0.321. The molecule has 1 aliphatic heterocycles. The summed E-state index contributed by atoms with van der Waals surface area (Å²) in [4.78, 5) is 16.9. The number of thiazole rings is 1. The predicted octanol–water partition coefficient (Wildman–Crippen LogP) is 3.66. The molecular formula is C24H19N5O6S3. The molecule has 0 bridgehead atoms. The minimum atomic E-state index is -3.86. The van der Waals surface area contributed by atoms with E-state index >= 15 is 0 Å². The molecule has 0 aliphatic carbocycles. The maximum atomic E-state index is 13.0. The van der Waals surface area contributed by atoms with Crippen LogP contribution in [0.5, 0.6) is 0 Å². The number of furan rings is 1. The summed E-state index contributed by atoms with van der Waals surface area (Å²) in [5.74, 6) is 0.460. The molecule has 1 amide bonds. The summed E-state index contributed by atoms with van der Waals surface area (Å²) in [5, 5.41) is 12.5. The van der Waals surface area contributed by atoms with Crippen LogP contribution in [0, 0.1) is 0 Å². The second-order valence-corrected chi connectivity index (χ2v) is 12.2. The molecule has 14 heteroatoms. The van der Waals surface area contributed by atoms with E-state index in [1.165, 1.54) is 53.9 Å². The van der Waals surface area contributed by atoms with Crippen LogP contribution in [0.4, 0.5) is 10.8 Å². The molecule has 0 fully saturated rings. The fourth-order valence-electron chi connectivity index (χ4n) is 3.61. The lowest BCUT2D eigenvalue weighted by molar-refractivity contribution is -0.114. The van der Waals surface area contributed by atoms with Crippen LogP contribution in [0.3, 0.4) is 0 Å². The van der Waals surface area contributed by atoms with Crippen molar-refractivity contribution >= 4 is 59.9 Å². The Morgan fingerprint density at radius 3 is 2.29 bits per heavy atom. The van der Waals surface area contributed by atoms with Gasteiger partial charge in [-0.1, -0.05) is 0 Å². The lowest BCUT2D eigenvalue weighted by atomic mass is 10.1. The Labute approximate surface area is 222 Å². The number of benzene rings is 2. The zero-order chi connectivity index (χ0) is 27.1. The molecule has 2 aromatic heterocycles. The highest BCUT2D eigenvalue weighted by Crippen LogP contribution is 2.29. The van der Waals surface area contributed by atoms with Crippen LogP contribution in [-0.4, -0.2) is 33.4 Å². The van der Waals surface area contributed by atoms with Crippen LogP contribution in [0.1, 0.15) is 12.7 Å². The Balaban J connectivity index is 1.33. The number of amides is 1. The van der Waals surface area contributed by atoms with Crippen molar-refractivity contribution in [2.75, 3.05) is 9.73 Å². The average Bonchev–Trinajstić information content (AvgIpc) is 3.62. The third kappa shape index (κ3) is 5.15. The van der Waals surface area contributed by atoms with Gasteiger partial charge in [0.05, 0.1) is 26.8 Å². The molecule has 4 aromatic rings. The standard InChI is InChI=1S/C24H19N5O6S3/c1-15-21(23(30)29(27-15)17-4-9-19(10-5-17)37(25,31)32)14-18-6-11-22(35-18)16-2-7-20(8-3-16)38(33,34)28-24-26-12-13-36-24/h2-14H,1H3,(H,26,28)(H2,25,31,32)/b21-14-. The summed E-state index contributed by atoms with van der Waals surface area (Å²) in [6.45, 7) is 1.67. The molecule has 0 spiro atoms. The van der Waals surface area contributed by atoms with Gasteiger partial charge in [-0.05, 0) is 73.7 Å². The molecule has 0 saturated heterocycles. The number of hydrazone groups is 1. The van der Waals surface area contributed by atoms with Gasteiger partial charge in [-0.3, -0.25) is 9.52 Å². The van der Waals surface area contributed by atoms with E-state index in [0.29, 0.717) is 34.1 Å². The van der Waals surface area contributed by atoms with Crippen LogP contribution in [0.25, 0.3) is 17.4 Å². The number of nitrogens with one attached hydrogen (secondary N) is 1. The number of carbonyl (C=O) groups is 1. The fraction of sp³-hybridized carbons (Fsp3) is 0.0417. The van der Waals surface area contributed by atoms with E-state index in [-0.39, 0.29) is 14.9 Å². The van der Waals surface area contributed by atoms with Crippen LogP contribution in [-0.2, 0) is 24.8 Å². The summed E-state index contributed by atoms with van der Waals surface area (Å²) in [6, 6.07) is 15.0. The van der Waals surface area contributed by atoms with Gasteiger partial charge in [0.15, 0.2) is 5.13 Å². The number of primary sulfonamides is 1. The zero-order valence-corrected chi connectivity index (χ0v) is 22.0. The van der Waals surface area contributed by atoms with Crippen LogP contribution < -0.4 is 14.9 Å². The predicted molar refractivity (Wildman–Crippen MR) is 143 cm³/mol. The number of hydrogen-bond donors (Lipinski definition) is 2. The number of carbonyl (C=O) groups excluding carboxylic acids is 1. The second kappa shape index (κ2) is 9.64. The average molecular weight is 570 g/mol. The molecular weight excluding hydrogens is 550 g/mol. The third-order valence-corrected chi connectivity index (χ3v) is 8.59. The molecule has 0 unspecified atom stereocenters. The first-order valence-corrected chi connectivity index (χ1v) is 14.8. The van der Waals surface area contributed by atoms with E-state index in [2.05, 4.69) is 14.8 Å². The SMILES string of the molecule is CC1=NN(c2ccc(S(N)(=O)=O)cc2)C(=O)/C1=C\c1ccc(-c2ccc(S(=O)(=O)Nc3nccs3)cc2)o1. The highest BCUT2D eigenvalue weighted by molar-refractivity contribution is 7.93. The number of anilines is 2. The van der Waals surface area contributed by atoms with Gasteiger partial charge in [0.1, 0.15) is 11.5 Å². The number of rotatable bonds is 7. The summed E-state index contributed by atoms with van der Waals surface area (Å²) in [5.41, 5.74) is 1.77. The molecule has 3 N–H and O–H groups in total. The smallest absolute Gasteiger partial charge is 0.280 e. The number of nitrogens with zero attached hydrogens (tertiary/aromatic N) is 3. The maximum absolute atomic E-state index is 13.0. The second-order valence-electron chi connectivity index (χ2n) is 8.07. The number of hydrogen-bond acceptors (Lipinski definition) is 9. The van der Waals surface area contributed by atoms with Gasteiger partial charge in [0.25, 0.3) is 15.9 Å². The van der Waals surface area contributed by atoms with Gasteiger partial charge in [-0.15, -0.1) is 11.3 Å². The van der Waals surface area contributed by atoms with Crippen LogP contribution in [0.15, 0.2) is 97.1 Å². The Hall–Kier alpha value is -4.11.